The van der Waals surface area contributed by atoms with Gasteiger partial charge in [0.2, 0.25) is 0 Å². The van der Waals surface area contributed by atoms with Gasteiger partial charge in [0.05, 0.1) is 25.7 Å². The lowest BCUT2D eigenvalue weighted by Gasteiger charge is -2.19. The highest BCUT2D eigenvalue weighted by atomic mass is 16.5. The van der Waals surface area contributed by atoms with Crippen LogP contribution in [-0.4, -0.2) is 60.5 Å². The Bertz CT molecular complexity index is 180. The third kappa shape index (κ3) is 11.8. The van der Waals surface area contributed by atoms with E-state index >= 15 is 0 Å². The predicted octanol–water partition coefficient (Wildman–Crippen LogP) is 0.888. The highest BCUT2D eigenvalue weighted by Crippen LogP contribution is 1.98. The zero-order chi connectivity index (χ0) is 14.4. The number of ether oxygens (including phenoxy) is 1. The lowest BCUT2D eigenvalue weighted by molar-refractivity contribution is -0.147. The van der Waals surface area contributed by atoms with E-state index in [-0.39, 0.29) is 25.1 Å². The molecule has 5 nitrogen and oxygen atoms in total. The van der Waals surface area contributed by atoms with Crippen molar-refractivity contribution in [2.24, 2.45) is 5.92 Å². The average molecular weight is 263 g/mol. The number of esters is 1. The molecule has 0 aromatic rings. The quantitative estimate of drug-likeness (QED) is 0.477. The number of aliphatic hydroxyl groups excluding tert-OH is 2. The highest BCUT2D eigenvalue weighted by Gasteiger charge is 2.08. The molecule has 0 unspecified atom stereocenters. The summed E-state index contributed by atoms with van der Waals surface area (Å²) in [5, 5.41) is 17.5. The van der Waals surface area contributed by atoms with Gasteiger partial charge >= 0.3 is 5.97 Å². The molecule has 2 N–H and O–H groups in total. The van der Waals surface area contributed by atoms with E-state index < -0.39 is 0 Å². The smallest absolute Gasteiger partial charge is 0.308 e. The number of nitrogens with zero attached hydrogens (tertiary/aromatic N) is 1. The second-order valence-corrected chi connectivity index (χ2v) is 3.96. The van der Waals surface area contributed by atoms with Gasteiger partial charge in [-0.15, -0.1) is 0 Å². The lowest BCUT2D eigenvalue weighted by Crippen LogP contribution is -2.31. The van der Waals surface area contributed by atoms with Crippen LogP contribution >= 0.6 is 0 Å². The topological polar surface area (TPSA) is 70.0 Å². The Kier molecular flexibility index (Phi) is 15.8. The van der Waals surface area contributed by atoms with Crippen molar-refractivity contribution in [1.82, 2.24) is 4.90 Å². The van der Waals surface area contributed by atoms with Gasteiger partial charge < -0.3 is 14.9 Å². The molecule has 0 bridgehead atoms. The van der Waals surface area contributed by atoms with Crippen LogP contribution in [0.25, 0.3) is 0 Å². The monoisotopic (exact) mass is 263 g/mol. The van der Waals surface area contributed by atoms with Crippen LogP contribution in [0.2, 0.25) is 0 Å². The standard InChI is InChI=1S/C11H23NO4.C2H6/c1-10(2)11(15)16-9-3-4-12(5-7-13)6-8-14;1-2/h10,13-14H,3-9H2,1-2H3;1-2H3. The highest BCUT2D eigenvalue weighted by molar-refractivity contribution is 5.71. The molecule has 0 radical (unpaired) electrons. The Morgan fingerprint density at radius 2 is 1.61 bits per heavy atom. The van der Waals surface area contributed by atoms with Crippen LogP contribution in [0.3, 0.4) is 0 Å². The second-order valence-electron chi connectivity index (χ2n) is 3.96. The van der Waals surface area contributed by atoms with Gasteiger partial charge in [-0.25, -0.2) is 0 Å². The maximum absolute atomic E-state index is 11.1. The van der Waals surface area contributed by atoms with E-state index in [1.54, 1.807) is 13.8 Å². The molecule has 0 amide bonds. The molecule has 0 aromatic carbocycles. The molecule has 0 aliphatic carbocycles. The first-order chi connectivity index (χ1) is 8.61. The van der Waals surface area contributed by atoms with Gasteiger partial charge in [0.1, 0.15) is 0 Å². The maximum Gasteiger partial charge on any atom is 0.308 e. The van der Waals surface area contributed by atoms with Gasteiger partial charge in [0, 0.05) is 19.6 Å². The van der Waals surface area contributed by atoms with Crippen LogP contribution < -0.4 is 0 Å². The summed E-state index contributed by atoms with van der Waals surface area (Å²) >= 11 is 0. The molecule has 0 atom stereocenters. The zero-order valence-corrected chi connectivity index (χ0v) is 12.2. The first kappa shape index (κ1) is 19.7. The molecule has 110 valence electrons. The van der Waals surface area contributed by atoms with Crippen LogP contribution in [0.1, 0.15) is 34.1 Å². The van der Waals surface area contributed by atoms with E-state index in [1.165, 1.54) is 0 Å². The van der Waals surface area contributed by atoms with Crippen LogP contribution in [0, 0.1) is 5.92 Å². The van der Waals surface area contributed by atoms with Crippen molar-refractivity contribution in [2.45, 2.75) is 34.1 Å². The minimum atomic E-state index is -0.184. The molecule has 0 aliphatic rings. The zero-order valence-electron chi connectivity index (χ0n) is 12.2. The van der Waals surface area contributed by atoms with Crippen LogP contribution in [-0.2, 0) is 9.53 Å². The van der Waals surface area contributed by atoms with E-state index in [4.69, 9.17) is 14.9 Å². The molecule has 5 heteroatoms. The number of carbonyl (C=O) groups is 1. The molecule has 0 aliphatic heterocycles. The predicted molar refractivity (Wildman–Crippen MR) is 72.4 cm³/mol. The van der Waals surface area contributed by atoms with Crippen molar-refractivity contribution >= 4 is 5.97 Å². The van der Waals surface area contributed by atoms with Gasteiger partial charge in [-0.3, -0.25) is 9.69 Å². The SMILES string of the molecule is CC.CC(C)C(=O)OCCCN(CCO)CCO. The molecule has 0 saturated carbocycles. The van der Waals surface area contributed by atoms with Gasteiger partial charge in [-0.05, 0) is 6.42 Å². The normalized spacial score (nSPS) is 10.2. The first-order valence-electron chi connectivity index (χ1n) is 6.72. The summed E-state index contributed by atoms with van der Waals surface area (Å²) in [4.78, 5) is 13.1. The third-order valence-electron chi connectivity index (χ3n) is 2.17. The molecule has 0 aromatic heterocycles. The van der Waals surface area contributed by atoms with Crippen LogP contribution in [0.5, 0.6) is 0 Å². The van der Waals surface area contributed by atoms with Crippen molar-refractivity contribution in [3.8, 4) is 0 Å². The minimum absolute atomic E-state index is 0.0752. The number of aliphatic hydroxyl groups is 2. The van der Waals surface area contributed by atoms with Gasteiger partial charge in [0.15, 0.2) is 0 Å². The Labute approximate surface area is 111 Å². The Balaban J connectivity index is 0. The first-order valence-corrected chi connectivity index (χ1v) is 6.72. The van der Waals surface area contributed by atoms with Crippen molar-refractivity contribution in [3.05, 3.63) is 0 Å². The van der Waals surface area contributed by atoms with Gasteiger partial charge in [0.25, 0.3) is 0 Å². The van der Waals surface area contributed by atoms with E-state index in [1.807, 2.05) is 18.7 Å². The number of carbonyl (C=O) groups excluding carboxylic acids is 1. The largest absolute Gasteiger partial charge is 0.465 e. The summed E-state index contributed by atoms with van der Waals surface area (Å²) in [5.41, 5.74) is 0. The Morgan fingerprint density at radius 1 is 1.11 bits per heavy atom. The van der Waals surface area contributed by atoms with Crippen molar-refractivity contribution in [2.75, 3.05) is 39.5 Å². The fourth-order valence-electron chi connectivity index (χ4n) is 1.25. The van der Waals surface area contributed by atoms with E-state index in [9.17, 15) is 4.79 Å². The summed E-state index contributed by atoms with van der Waals surface area (Å²) < 4.78 is 5.02. The summed E-state index contributed by atoms with van der Waals surface area (Å²) in [6.45, 7) is 9.93. The second kappa shape index (κ2) is 14.4. The fraction of sp³-hybridized carbons (Fsp3) is 0.923. The number of hydrogen-bond acceptors (Lipinski definition) is 5. The summed E-state index contributed by atoms with van der Waals surface area (Å²) in [6.07, 6.45) is 0.721. The van der Waals surface area contributed by atoms with E-state index in [0.29, 0.717) is 26.2 Å². The maximum atomic E-state index is 11.1. The van der Waals surface area contributed by atoms with Crippen LogP contribution in [0.15, 0.2) is 0 Å². The van der Waals surface area contributed by atoms with Crippen molar-refractivity contribution in [3.63, 3.8) is 0 Å². The number of hydrogen-bond donors (Lipinski definition) is 2. The summed E-state index contributed by atoms with van der Waals surface area (Å²) in [7, 11) is 0. The number of rotatable bonds is 9. The minimum Gasteiger partial charge on any atom is -0.465 e. The molecule has 0 rings (SSSR count). The van der Waals surface area contributed by atoms with Gasteiger partial charge in [-0.2, -0.15) is 0 Å². The van der Waals surface area contributed by atoms with Crippen molar-refractivity contribution < 1.29 is 19.7 Å². The van der Waals surface area contributed by atoms with E-state index in [0.717, 1.165) is 6.42 Å². The molecule has 0 spiro atoms. The van der Waals surface area contributed by atoms with E-state index in [2.05, 4.69) is 0 Å². The molecular formula is C13H29NO4. The summed E-state index contributed by atoms with van der Waals surface area (Å²) in [5.74, 6) is -0.276. The molecule has 18 heavy (non-hydrogen) atoms. The fourth-order valence-corrected chi connectivity index (χ4v) is 1.25. The Hall–Kier alpha value is -0.650. The molecule has 0 fully saturated rings. The lowest BCUT2D eigenvalue weighted by atomic mass is 10.2. The van der Waals surface area contributed by atoms with Crippen LogP contribution in [0.4, 0.5) is 0 Å². The average Bonchev–Trinajstić information content (AvgIpc) is 2.37. The molecular weight excluding hydrogens is 234 g/mol. The molecule has 0 saturated heterocycles. The third-order valence-corrected chi connectivity index (χ3v) is 2.17. The summed E-state index contributed by atoms with van der Waals surface area (Å²) in [6, 6.07) is 0. The van der Waals surface area contributed by atoms with Crippen molar-refractivity contribution in [1.29, 1.82) is 0 Å². The molecule has 0 heterocycles. The van der Waals surface area contributed by atoms with Gasteiger partial charge in [-0.1, -0.05) is 27.7 Å². The Morgan fingerprint density at radius 3 is 2.00 bits per heavy atom.